The molecule has 7 nitrogen and oxygen atoms in total. The smallest absolute Gasteiger partial charge is 0.251 e. The number of carbonyl (C=O) groups excluding carboxylic acids is 3. The van der Waals surface area contributed by atoms with Crippen molar-refractivity contribution in [3.8, 4) is 0 Å². The number of hydrogen-bond donors (Lipinski definition) is 4. The van der Waals surface area contributed by atoms with Gasteiger partial charge in [0.1, 0.15) is 0 Å². The quantitative estimate of drug-likeness (QED) is 0.608. The van der Waals surface area contributed by atoms with Crippen LogP contribution in [-0.2, 0) is 9.59 Å². The first kappa shape index (κ1) is 18.4. The minimum absolute atomic E-state index is 0.0403. The Morgan fingerprint density at radius 2 is 2.12 bits per heavy atom. The predicted molar refractivity (Wildman–Crippen MR) is 98.5 cm³/mol. The Bertz CT molecular complexity index is 706. The van der Waals surface area contributed by atoms with Crippen molar-refractivity contribution in [2.75, 3.05) is 25.0 Å². The van der Waals surface area contributed by atoms with Crippen molar-refractivity contribution < 1.29 is 14.4 Å². The van der Waals surface area contributed by atoms with Gasteiger partial charge in [-0.3, -0.25) is 14.4 Å². The van der Waals surface area contributed by atoms with Gasteiger partial charge >= 0.3 is 0 Å². The molecule has 1 saturated carbocycles. The lowest BCUT2D eigenvalue weighted by Crippen LogP contribution is -2.44. The van der Waals surface area contributed by atoms with E-state index in [0.717, 1.165) is 32.4 Å². The second-order valence-corrected chi connectivity index (χ2v) is 7.24. The van der Waals surface area contributed by atoms with Gasteiger partial charge in [-0.15, -0.1) is 0 Å². The number of amides is 3. The maximum Gasteiger partial charge on any atom is 0.251 e. The van der Waals surface area contributed by atoms with Gasteiger partial charge in [-0.2, -0.15) is 0 Å². The molecule has 26 heavy (non-hydrogen) atoms. The van der Waals surface area contributed by atoms with E-state index in [0.29, 0.717) is 17.2 Å². The van der Waals surface area contributed by atoms with E-state index in [9.17, 15) is 14.4 Å². The second-order valence-electron chi connectivity index (χ2n) is 7.24. The molecule has 0 spiro atoms. The van der Waals surface area contributed by atoms with Gasteiger partial charge in [-0.25, -0.2) is 0 Å². The molecule has 1 heterocycles. The maximum absolute atomic E-state index is 13.0. The van der Waals surface area contributed by atoms with Crippen molar-refractivity contribution in [2.24, 2.45) is 17.1 Å². The molecule has 5 N–H and O–H groups in total. The third-order valence-electron chi connectivity index (χ3n) is 5.53. The van der Waals surface area contributed by atoms with Gasteiger partial charge in [0.05, 0.1) is 5.41 Å². The van der Waals surface area contributed by atoms with Crippen molar-refractivity contribution in [3.63, 3.8) is 0 Å². The summed E-state index contributed by atoms with van der Waals surface area (Å²) in [6, 6.07) is 6.86. The van der Waals surface area contributed by atoms with Crippen LogP contribution in [0.15, 0.2) is 24.3 Å². The van der Waals surface area contributed by atoms with Gasteiger partial charge in [0.15, 0.2) is 0 Å². The second kappa shape index (κ2) is 7.86. The molecule has 1 saturated heterocycles. The molecule has 1 aromatic carbocycles. The van der Waals surface area contributed by atoms with E-state index < -0.39 is 5.91 Å². The number of fused-ring (bicyclic) bond motifs is 1. The molecule has 0 bridgehead atoms. The molecular weight excluding hydrogens is 332 g/mol. The van der Waals surface area contributed by atoms with E-state index >= 15 is 0 Å². The Balaban J connectivity index is 1.65. The van der Waals surface area contributed by atoms with Gasteiger partial charge in [0.2, 0.25) is 11.8 Å². The number of rotatable bonds is 6. The fourth-order valence-electron chi connectivity index (χ4n) is 4.09. The van der Waals surface area contributed by atoms with Crippen LogP contribution < -0.4 is 21.7 Å². The van der Waals surface area contributed by atoms with Crippen molar-refractivity contribution in [1.82, 2.24) is 10.6 Å². The molecule has 3 amide bonds. The molecular formula is C19H26N4O3. The molecule has 2 fully saturated rings. The van der Waals surface area contributed by atoms with Crippen LogP contribution in [-0.4, -0.2) is 37.4 Å². The molecule has 140 valence electrons. The predicted octanol–water partition coefficient (Wildman–Crippen LogP) is 1.01. The summed E-state index contributed by atoms with van der Waals surface area (Å²) in [7, 11) is 0. The van der Waals surface area contributed by atoms with E-state index in [2.05, 4.69) is 16.0 Å². The number of hydrogen-bond acceptors (Lipinski definition) is 4. The number of carbonyl (C=O) groups is 3. The van der Waals surface area contributed by atoms with E-state index in [1.807, 2.05) is 0 Å². The highest BCUT2D eigenvalue weighted by molar-refractivity contribution is 5.99. The first-order chi connectivity index (χ1) is 12.5. The molecule has 0 aromatic heterocycles. The number of benzene rings is 1. The van der Waals surface area contributed by atoms with Gasteiger partial charge < -0.3 is 21.7 Å². The van der Waals surface area contributed by atoms with Gasteiger partial charge in [-0.05, 0) is 43.5 Å². The molecule has 0 unspecified atom stereocenters. The molecule has 1 aliphatic carbocycles. The zero-order valence-corrected chi connectivity index (χ0v) is 14.8. The summed E-state index contributed by atoms with van der Waals surface area (Å²) >= 11 is 0. The summed E-state index contributed by atoms with van der Waals surface area (Å²) in [5.74, 6) is -0.327. The normalized spacial score (nSPS) is 24.5. The number of nitrogens with two attached hydrogens (primary N) is 1. The minimum atomic E-state index is -0.460. The average Bonchev–Trinajstić information content (AvgIpc) is 3.07. The van der Waals surface area contributed by atoms with Crippen molar-refractivity contribution >= 4 is 23.4 Å². The zero-order valence-electron chi connectivity index (χ0n) is 14.8. The fourth-order valence-corrected chi connectivity index (χ4v) is 4.09. The van der Waals surface area contributed by atoms with E-state index in [1.54, 1.807) is 24.3 Å². The van der Waals surface area contributed by atoms with Crippen molar-refractivity contribution in [1.29, 1.82) is 0 Å². The zero-order chi connectivity index (χ0) is 18.6. The van der Waals surface area contributed by atoms with Crippen molar-refractivity contribution in [2.45, 2.75) is 32.1 Å². The molecule has 2 atom stereocenters. The van der Waals surface area contributed by atoms with Crippen LogP contribution in [0, 0.1) is 11.3 Å². The standard InChI is InChI=1S/C19H26N4O3/c20-16(24)7-9-22-17(25)13-4-3-6-15(10-13)23-18(26)19-8-2-1-5-14(19)11-21-12-19/h3-4,6,10,14,21H,1-2,5,7-9,11-12H2,(H2,20,24)(H,22,25)(H,23,26)/t14-,19+/m0/s1. The van der Waals surface area contributed by atoms with Crippen LogP contribution in [0.25, 0.3) is 0 Å². The molecule has 3 rings (SSSR count). The monoisotopic (exact) mass is 358 g/mol. The Kier molecular flexibility index (Phi) is 5.56. The fraction of sp³-hybridized carbons (Fsp3) is 0.526. The van der Waals surface area contributed by atoms with Crippen molar-refractivity contribution in [3.05, 3.63) is 29.8 Å². The van der Waals surface area contributed by atoms with Gasteiger partial charge in [0.25, 0.3) is 5.91 Å². The number of nitrogens with one attached hydrogen (secondary N) is 3. The summed E-state index contributed by atoms with van der Waals surface area (Å²) in [4.78, 5) is 35.9. The summed E-state index contributed by atoms with van der Waals surface area (Å²) in [6.07, 6.45) is 4.35. The summed E-state index contributed by atoms with van der Waals surface area (Å²) in [6.45, 7) is 1.81. The Hall–Kier alpha value is -2.41. The van der Waals surface area contributed by atoms with Crippen LogP contribution in [0.2, 0.25) is 0 Å². The molecule has 2 aliphatic rings. The van der Waals surface area contributed by atoms with Crippen LogP contribution in [0.5, 0.6) is 0 Å². The Morgan fingerprint density at radius 3 is 2.92 bits per heavy atom. The summed E-state index contributed by atoms with van der Waals surface area (Å²) < 4.78 is 0. The highest BCUT2D eigenvalue weighted by Crippen LogP contribution is 2.44. The Morgan fingerprint density at radius 1 is 1.27 bits per heavy atom. The van der Waals surface area contributed by atoms with Gasteiger partial charge in [-0.1, -0.05) is 18.9 Å². The van der Waals surface area contributed by atoms with E-state index in [-0.39, 0.29) is 30.2 Å². The van der Waals surface area contributed by atoms with Crippen LogP contribution >= 0.6 is 0 Å². The summed E-state index contributed by atoms with van der Waals surface area (Å²) in [5.41, 5.74) is 5.78. The third kappa shape index (κ3) is 3.88. The molecule has 0 radical (unpaired) electrons. The van der Waals surface area contributed by atoms with E-state index in [1.165, 1.54) is 6.42 Å². The third-order valence-corrected chi connectivity index (χ3v) is 5.53. The first-order valence-electron chi connectivity index (χ1n) is 9.20. The van der Waals surface area contributed by atoms with E-state index in [4.69, 9.17) is 5.73 Å². The van der Waals surface area contributed by atoms with Crippen LogP contribution in [0.1, 0.15) is 42.5 Å². The highest BCUT2D eigenvalue weighted by atomic mass is 16.2. The molecule has 1 aromatic rings. The lowest BCUT2D eigenvalue weighted by molar-refractivity contribution is -0.128. The number of anilines is 1. The number of primary amides is 1. The largest absolute Gasteiger partial charge is 0.370 e. The first-order valence-corrected chi connectivity index (χ1v) is 9.20. The molecule has 7 heteroatoms. The van der Waals surface area contributed by atoms with Gasteiger partial charge in [0, 0.05) is 30.8 Å². The average molecular weight is 358 g/mol. The topological polar surface area (TPSA) is 113 Å². The SMILES string of the molecule is NC(=O)CCNC(=O)c1cccc(NC(=O)[C@@]23CCCC[C@H]2CNC3)c1. The molecule has 1 aliphatic heterocycles. The maximum atomic E-state index is 13.0. The highest BCUT2D eigenvalue weighted by Gasteiger charge is 2.49. The van der Waals surface area contributed by atoms with Crippen LogP contribution in [0.3, 0.4) is 0 Å². The Labute approximate surface area is 153 Å². The lowest BCUT2D eigenvalue weighted by Gasteiger charge is -2.37. The summed E-state index contributed by atoms with van der Waals surface area (Å²) in [5, 5.41) is 9.03. The minimum Gasteiger partial charge on any atom is -0.370 e. The van der Waals surface area contributed by atoms with Crippen LogP contribution in [0.4, 0.5) is 5.69 Å². The lowest BCUT2D eigenvalue weighted by atomic mass is 9.67.